The molecule has 0 radical (unpaired) electrons. The van der Waals surface area contributed by atoms with Crippen molar-refractivity contribution >= 4 is 29.5 Å². The zero-order valence-electron chi connectivity index (χ0n) is 20.4. The van der Waals surface area contributed by atoms with E-state index in [0.29, 0.717) is 35.9 Å². The van der Waals surface area contributed by atoms with Gasteiger partial charge in [0, 0.05) is 16.6 Å². The number of amides is 2. The summed E-state index contributed by atoms with van der Waals surface area (Å²) in [6.07, 6.45) is 2.43. The molecule has 3 aromatic rings. The van der Waals surface area contributed by atoms with Crippen LogP contribution in [0.3, 0.4) is 0 Å². The molecule has 0 aliphatic carbocycles. The van der Waals surface area contributed by atoms with Crippen molar-refractivity contribution in [3.05, 3.63) is 83.4 Å². The summed E-state index contributed by atoms with van der Waals surface area (Å²) in [5.41, 5.74) is 2.49. The van der Waals surface area contributed by atoms with Gasteiger partial charge in [-0.3, -0.25) is 10.2 Å². The molecule has 0 aromatic heterocycles. The van der Waals surface area contributed by atoms with Crippen LogP contribution in [0.5, 0.6) is 5.75 Å². The van der Waals surface area contributed by atoms with Crippen LogP contribution in [0.1, 0.15) is 37.7 Å². The molecule has 3 aromatic carbocycles. The fourth-order valence-electron chi connectivity index (χ4n) is 5.53. The predicted octanol–water partition coefficient (Wildman–Crippen LogP) is 7.20. The number of carbonyl (C=O) groups is 2. The van der Waals surface area contributed by atoms with E-state index in [0.717, 1.165) is 36.0 Å². The van der Waals surface area contributed by atoms with Gasteiger partial charge in [-0.15, -0.1) is 0 Å². The molecule has 2 atom stereocenters. The molecular weight excluding hydrogens is 492 g/mol. The lowest BCUT2D eigenvalue weighted by Crippen LogP contribution is -2.55. The number of anilines is 1. The lowest BCUT2D eigenvalue weighted by molar-refractivity contribution is 0.0110. The molecule has 192 valence electrons. The number of piperidine rings is 1. The quantitative estimate of drug-likeness (QED) is 0.344. The summed E-state index contributed by atoms with van der Waals surface area (Å²) < 4.78 is 11.6. The van der Waals surface area contributed by atoms with E-state index in [-0.39, 0.29) is 12.6 Å². The maximum absolute atomic E-state index is 12.9. The van der Waals surface area contributed by atoms with E-state index in [1.807, 2.05) is 54.6 Å². The molecule has 2 amide bonds. The predicted molar refractivity (Wildman–Crippen MR) is 142 cm³/mol. The minimum atomic E-state index is -0.944. The summed E-state index contributed by atoms with van der Waals surface area (Å²) in [6, 6.07) is 22.7. The second-order valence-electron chi connectivity index (χ2n) is 9.65. The van der Waals surface area contributed by atoms with Crippen LogP contribution in [0, 0.1) is 0 Å². The van der Waals surface area contributed by atoms with Crippen LogP contribution in [-0.4, -0.2) is 40.4 Å². The highest BCUT2D eigenvalue weighted by atomic mass is 35.5. The molecule has 2 N–H and O–H groups in total. The van der Waals surface area contributed by atoms with Gasteiger partial charge in [0.25, 0.3) is 0 Å². The van der Waals surface area contributed by atoms with Crippen molar-refractivity contribution < 1.29 is 24.2 Å². The minimum Gasteiger partial charge on any atom is -0.489 e. The van der Waals surface area contributed by atoms with Gasteiger partial charge >= 0.3 is 12.2 Å². The molecule has 0 spiro atoms. The molecule has 5 rings (SSSR count). The van der Waals surface area contributed by atoms with Gasteiger partial charge in [-0.05, 0) is 73.6 Å². The Morgan fingerprint density at radius 1 is 1.03 bits per heavy atom. The average Bonchev–Trinajstić information content (AvgIpc) is 3.13. The molecule has 7 nitrogen and oxygen atoms in total. The van der Waals surface area contributed by atoms with E-state index in [1.54, 1.807) is 18.2 Å². The van der Waals surface area contributed by atoms with Crippen LogP contribution < -0.4 is 10.1 Å². The molecule has 2 heterocycles. The minimum absolute atomic E-state index is 0.00998. The number of hydrogen-bond acceptors (Lipinski definition) is 4. The first-order valence-corrected chi connectivity index (χ1v) is 12.8. The zero-order chi connectivity index (χ0) is 25.8. The molecule has 8 heteroatoms. The van der Waals surface area contributed by atoms with Gasteiger partial charge in [-0.2, -0.15) is 0 Å². The Hall–Kier alpha value is -3.71. The fourth-order valence-corrected chi connectivity index (χ4v) is 5.72. The smallest absolute Gasteiger partial charge is 0.411 e. The first kappa shape index (κ1) is 25.0. The van der Waals surface area contributed by atoms with Gasteiger partial charge in [-0.1, -0.05) is 54.1 Å². The Balaban J connectivity index is 1.32. The number of benzene rings is 3. The van der Waals surface area contributed by atoms with Gasteiger partial charge in [0.2, 0.25) is 0 Å². The number of rotatable bonds is 7. The van der Waals surface area contributed by atoms with E-state index in [1.165, 1.54) is 4.90 Å². The molecule has 2 fully saturated rings. The number of hydrogen-bond donors (Lipinski definition) is 2. The highest BCUT2D eigenvalue weighted by Gasteiger charge is 2.52. The van der Waals surface area contributed by atoms with Crippen molar-refractivity contribution in [3.63, 3.8) is 0 Å². The number of nitrogens with zero attached hydrogens (tertiary/aromatic N) is 1. The molecule has 0 unspecified atom stereocenters. The van der Waals surface area contributed by atoms with Crippen LogP contribution >= 0.6 is 11.6 Å². The van der Waals surface area contributed by atoms with Crippen LogP contribution in [-0.2, 0) is 11.3 Å². The number of carboxylic acid groups (broad SMARTS) is 1. The van der Waals surface area contributed by atoms with Crippen molar-refractivity contribution in [1.29, 1.82) is 0 Å². The largest absolute Gasteiger partial charge is 0.489 e. The van der Waals surface area contributed by atoms with Gasteiger partial charge in [-0.25, -0.2) is 9.59 Å². The molecule has 37 heavy (non-hydrogen) atoms. The number of ether oxygens (including phenoxy) is 2. The summed E-state index contributed by atoms with van der Waals surface area (Å²) >= 11 is 6.25. The van der Waals surface area contributed by atoms with Crippen molar-refractivity contribution in [1.82, 2.24) is 4.90 Å². The van der Waals surface area contributed by atoms with Gasteiger partial charge in [0.1, 0.15) is 19.0 Å². The second-order valence-corrected chi connectivity index (χ2v) is 10.1. The van der Waals surface area contributed by atoms with Crippen LogP contribution in [0.25, 0.3) is 11.1 Å². The van der Waals surface area contributed by atoms with Crippen molar-refractivity contribution in [2.45, 2.75) is 50.3 Å². The topological polar surface area (TPSA) is 88.1 Å². The zero-order valence-corrected chi connectivity index (χ0v) is 21.1. The summed E-state index contributed by atoms with van der Waals surface area (Å²) in [6.45, 7) is 0.445. The first-order valence-electron chi connectivity index (χ1n) is 12.5. The Morgan fingerprint density at radius 2 is 1.86 bits per heavy atom. The van der Waals surface area contributed by atoms with E-state index in [4.69, 9.17) is 21.1 Å². The van der Waals surface area contributed by atoms with Gasteiger partial charge < -0.3 is 14.6 Å². The number of fused-ring (bicyclic) bond motifs is 2. The highest BCUT2D eigenvalue weighted by Crippen LogP contribution is 2.44. The summed E-state index contributed by atoms with van der Waals surface area (Å²) in [5, 5.41) is 13.2. The summed E-state index contributed by atoms with van der Waals surface area (Å²) in [4.78, 5) is 26.3. The Kier molecular flexibility index (Phi) is 7.24. The summed E-state index contributed by atoms with van der Waals surface area (Å²) in [5.74, 6) is 0.646. The summed E-state index contributed by atoms with van der Waals surface area (Å²) in [7, 11) is 0. The maximum atomic E-state index is 12.9. The lowest BCUT2D eigenvalue weighted by Gasteiger charge is -2.42. The van der Waals surface area contributed by atoms with Gasteiger partial charge in [0.05, 0.1) is 11.2 Å². The maximum Gasteiger partial charge on any atom is 0.411 e. The highest BCUT2D eigenvalue weighted by molar-refractivity contribution is 6.30. The average molecular weight is 521 g/mol. The second kappa shape index (κ2) is 10.7. The third kappa shape index (κ3) is 5.52. The van der Waals surface area contributed by atoms with Crippen LogP contribution in [0.15, 0.2) is 72.8 Å². The van der Waals surface area contributed by atoms with Gasteiger partial charge in [0.15, 0.2) is 0 Å². The van der Waals surface area contributed by atoms with E-state index in [2.05, 4.69) is 5.32 Å². The Labute approximate surface area is 221 Å². The molecule has 2 aliphatic rings. The normalized spacial score (nSPS) is 20.4. The third-order valence-corrected chi connectivity index (χ3v) is 7.52. The Bertz CT molecular complexity index is 1280. The first-order chi connectivity index (χ1) is 17.9. The van der Waals surface area contributed by atoms with E-state index < -0.39 is 17.7 Å². The molecule has 2 bridgehead atoms. The molecule has 2 aliphatic heterocycles. The van der Waals surface area contributed by atoms with Crippen molar-refractivity contribution in [3.8, 4) is 16.9 Å². The number of nitrogens with one attached hydrogen (secondary N) is 1. The fraction of sp³-hybridized carbons (Fsp3) is 0.310. The SMILES string of the molecule is O=C(Nc1ccc(OCc2ccccc2)cc1-c1cccc(Cl)c1)OC[C@]12CCC[C@H](CC1)N2C(=O)O. The third-order valence-electron chi connectivity index (χ3n) is 7.29. The van der Waals surface area contributed by atoms with E-state index >= 15 is 0 Å². The molecule has 2 saturated heterocycles. The standard InChI is InChI=1S/C29H29ClN2O5/c30-22-9-4-8-21(16-22)25-17-24(36-18-20-6-2-1-3-7-20)11-12-26(25)31-27(33)37-19-29-14-5-10-23(13-15-29)32(29)28(34)35/h1-4,6-9,11-12,16-17,23H,5,10,13-15,18-19H2,(H,31,33)(H,34,35)/t23-,29+/m1/s1. The number of halogens is 1. The molecule has 0 saturated carbocycles. The van der Waals surface area contributed by atoms with E-state index in [9.17, 15) is 14.7 Å². The molecular formula is C29H29ClN2O5. The Morgan fingerprint density at radius 3 is 2.65 bits per heavy atom. The number of carbonyl (C=O) groups excluding carboxylic acids is 1. The lowest BCUT2D eigenvalue weighted by atomic mass is 9.89. The van der Waals surface area contributed by atoms with Crippen LogP contribution in [0.4, 0.5) is 15.3 Å². The van der Waals surface area contributed by atoms with Crippen molar-refractivity contribution in [2.24, 2.45) is 0 Å². The van der Waals surface area contributed by atoms with Crippen LogP contribution in [0.2, 0.25) is 5.02 Å². The monoisotopic (exact) mass is 520 g/mol. The van der Waals surface area contributed by atoms with Crippen molar-refractivity contribution in [2.75, 3.05) is 11.9 Å².